The van der Waals surface area contributed by atoms with Gasteiger partial charge in [-0.25, -0.2) is 5.11 Å². The van der Waals surface area contributed by atoms with Gasteiger partial charge in [0.1, 0.15) is 0 Å². The first-order valence-electron chi connectivity index (χ1n) is 2.67. The predicted octanol–water partition coefficient (Wildman–Crippen LogP) is 0.944. The molecule has 1 unspecified atom stereocenters. The Morgan fingerprint density at radius 2 is 2.29 bits per heavy atom. The third-order valence-corrected chi connectivity index (χ3v) is 1.14. The van der Waals surface area contributed by atoms with Crippen molar-refractivity contribution in [3.05, 3.63) is 0 Å². The van der Waals surface area contributed by atoms with Crippen LogP contribution in [0.5, 0.6) is 0 Å². The van der Waals surface area contributed by atoms with Crippen molar-refractivity contribution < 1.29 is 9.84 Å². The molecular weight excluding hydrogens is 92.1 g/mol. The molecule has 7 heavy (non-hydrogen) atoms. The summed E-state index contributed by atoms with van der Waals surface area (Å²) >= 11 is 0. The third-order valence-electron chi connectivity index (χ3n) is 1.14. The Hall–Kier alpha value is -0.0800. The average Bonchev–Trinajstić information content (AvgIpc) is 1.69. The van der Waals surface area contributed by atoms with Gasteiger partial charge in [0.05, 0.1) is 0 Å². The molecule has 1 rings (SSSR count). The molecule has 0 N–H and O–H groups in total. The average molecular weight is 101 g/mol. The molecule has 2 nitrogen and oxygen atoms in total. The second kappa shape index (κ2) is 2.28. The molecule has 0 aliphatic carbocycles. The Balaban J connectivity index is 2.12. The highest BCUT2D eigenvalue weighted by molar-refractivity contribution is 4.49. The van der Waals surface area contributed by atoms with E-state index in [0.717, 1.165) is 12.8 Å². The van der Waals surface area contributed by atoms with E-state index in [1.54, 1.807) is 0 Å². The molecule has 1 saturated heterocycles. The monoisotopic (exact) mass is 101 g/mol. The van der Waals surface area contributed by atoms with E-state index in [1.807, 2.05) is 0 Å². The minimum atomic E-state index is -0.714. The van der Waals surface area contributed by atoms with Gasteiger partial charge in [-0.1, -0.05) is 0 Å². The van der Waals surface area contributed by atoms with E-state index in [4.69, 9.17) is 4.74 Å². The molecule has 0 aromatic heterocycles. The summed E-state index contributed by atoms with van der Waals surface area (Å²) < 4.78 is 4.72. The standard InChI is InChI=1S/C5H9O2/c6-5-3-1-2-4-7-5/h5H,1-4H2. The predicted molar refractivity (Wildman–Crippen MR) is 24.3 cm³/mol. The van der Waals surface area contributed by atoms with Gasteiger partial charge in [-0.05, 0) is 12.8 Å². The summed E-state index contributed by atoms with van der Waals surface area (Å²) in [4.78, 5) is 0. The highest BCUT2D eigenvalue weighted by atomic mass is 16.6. The van der Waals surface area contributed by atoms with Gasteiger partial charge in [0.2, 0.25) is 0 Å². The lowest BCUT2D eigenvalue weighted by molar-refractivity contribution is -0.160. The maximum atomic E-state index is 10.3. The molecule has 0 bridgehead atoms. The number of ether oxygens (including phenoxy) is 1. The fourth-order valence-corrected chi connectivity index (χ4v) is 0.711. The summed E-state index contributed by atoms with van der Waals surface area (Å²) in [5, 5.41) is 10.3. The first-order chi connectivity index (χ1) is 3.39. The fraction of sp³-hybridized carbons (Fsp3) is 1.00. The van der Waals surface area contributed by atoms with Crippen molar-refractivity contribution in [2.45, 2.75) is 25.6 Å². The van der Waals surface area contributed by atoms with Gasteiger partial charge in [-0.3, -0.25) is 0 Å². The van der Waals surface area contributed by atoms with E-state index >= 15 is 0 Å². The van der Waals surface area contributed by atoms with Gasteiger partial charge in [0.25, 0.3) is 0 Å². The van der Waals surface area contributed by atoms with E-state index in [2.05, 4.69) is 0 Å². The van der Waals surface area contributed by atoms with Crippen LogP contribution in [-0.4, -0.2) is 12.9 Å². The van der Waals surface area contributed by atoms with Crippen LogP contribution in [-0.2, 0) is 9.84 Å². The first kappa shape index (κ1) is 5.06. The minimum absolute atomic E-state index is 0.675. The van der Waals surface area contributed by atoms with Crippen molar-refractivity contribution in [2.24, 2.45) is 0 Å². The van der Waals surface area contributed by atoms with Gasteiger partial charge < -0.3 is 4.74 Å². The zero-order chi connectivity index (χ0) is 5.11. The molecule has 0 amide bonds. The van der Waals surface area contributed by atoms with E-state index < -0.39 is 6.29 Å². The molecule has 1 fully saturated rings. The molecule has 1 aliphatic heterocycles. The first-order valence-corrected chi connectivity index (χ1v) is 2.67. The van der Waals surface area contributed by atoms with E-state index in [-0.39, 0.29) is 0 Å². The molecule has 0 aromatic carbocycles. The highest BCUT2D eigenvalue weighted by Crippen LogP contribution is 2.09. The number of hydrogen-bond donors (Lipinski definition) is 0. The Bertz CT molecular complexity index is 48.0. The molecule has 1 aliphatic rings. The van der Waals surface area contributed by atoms with E-state index in [9.17, 15) is 5.11 Å². The Morgan fingerprint density at radius 1 is 1.43 bits per heavy atom. The van der Waals surface area contributed by atoms with Crippen LogP contribution >= 0.6 is 0 Å². The van der Waals surface area contributed by atoms with Crippen LogP contribution in [0.25, 0.3) is 0 Å². The van der Waals surface area contributed by atoms with Crippen LogP contribution in [0, 0.1) is 0 Å². The van der Waals surface area contributed by atoms with Crippen molar-refractivity contribution in [1.82, 2.24) is 0 Å². The maximum absolute atomic E-state index is 10.3. The SMILES string of the molecule is [O]C1CCCCO1. The van der Waals surface area contributed by atoms with Gasteiger partial charge in [0, 0.05) is 13.0 Å². The lowest BCUT2D eigenvalue weighted by Crippen LogP contribution is -2.15. The van der Waals surface area contributed by atoms with Crippen LogP contribution in [0.1, 0.15) is 19.3 Å². The third kappa shape index (κ3) is 1.45. The molecule has 1 atom stereocenters. The molecule has 0 spiro atoms. The van der Waals surface area contributed by atoms with Gasteiger partial charge in [-0.2, -0.15) is 0 Å². The van der Waals surface area contributed by atoms with Crippen LogP contribution in [0.15, 0.2) is 0 Å². The van der Waals surface area contributed by atoms with Crippen LogP contribution in [0.2, 0.25) is 0 Å². The van der Waals surface area contributed by atoms with Crippen LogP contribution in [0.3, 0.4) is 0 Å². The molecule has 0 saturated carbocycles. The largest absolute Gasteiger partial charge is 0.350 e. The number of rotatable bonds is 0. The topological polar surface area (TPSA) is 29.1 Å². The van der Waals surface area contributed by atoms with E-state index in [1.165, 1.54) is 0 Å². The smallest absolute Gasteiger partial charge is 0.191 e. The van der Waals surface area contributed by atoms with Crippen molar-refractivity contribution >= 4 is 0 Å². The molecule has 1 radical (unpaired) electrons. The quantitative estimate of drug-likeness (QED) is 0.446. The highest BCUT2D eigenvalue weighted by Gasteiger charge is 2.09. The summed E-state index contributed by atoms with van der Waals surface area (Å²) in [5.41, 5.74) is 0. The van der Waals surface area contributed by atoms with Gasteiger partial charge >= 0.3 is 0 Å². The van der Waals surface area contributed by atoms with Gasteiger partial charge in [-0.15, -0.1) is 0 Å². The lowest BCUT2D eigenvalue weighted by Gasteiger charge is -2.14. The summed E-state index contributed by atoms with van der Waals surface area (Å²) in [7, 11) is 0. The lowest BCUT2D eigenvalue weighted by atomic mass is 10.2. The van der Waals surface area contributed by atoms with Crippen LogP contribution in [0.4, 0.5) is 0 Å². The second-order valence-electron chi connectivity index (χ2n) is 1.80. The molecule has 1 heterocycles. The van der Waals surface area contributed by atoms with Crippen LogP contribution < -0.4 is 0 Å². The van der Waals surface area contributed by atoms with Crippen molar-refractivity contribution in [1.29, 1.82) is 0 Å². The molecular formula is C5H9O2. The van der Waals surface area contributed by atoms with Crippen molar-refractivity contribution in [3.63, 3.8) is 0 Å². The van der Waals surface area contributed by atoms with Crippen molar-refractivity contribution in [2.75, 3.05) is 6.61 Å². The fourth-order valence-electron chi connectivity index (χ4n) is 0.711. The number of hydrogen-bond acceptors (Lipinski definition) is 1. The Kier molecular flexibility index (Phi) is 1.65. The summed E-state index contributed by atoms with van der Waals surface area (Å²) in [6, 6.07) is 0. The Labute approximate surface area is 43.1 Å². The van der Waals surface area contributed by atoms with Gasteiger partial charge in [0.15, 0.2) is 6.29 Å². The maximum Gasteiger partial charge on any atom is 0.191 e. The summed E-state index contributed by atoms with van der Waals surface area (Å²) in [6.45, 7) is 0.675. The molecule has 41 valence electrons. The summed E-state index contributed by atoms with van der Waals surface area (Å²) in [5.74, 6) is 0. The van der Waals surface area contributed by atoms with Crippen molar-refractivity contribution in [3.8, 4) is 0 Å². The van der Waals surface area contributed by atoms with E-state index in [0.29, 0.717) is 13.0 Å². The zero-order valence-electron chi connectivity index (χ0n) is 4.22. The Morgan fingerprint density at radius 3 is 2.57 bits per heavy atom. The molecule has 0 aromatic rings. The minimum Gasteiger partial charge on any atom is -0.350 e. The zero-order valence-corrected chi connectivity index (χ0v) is 4.22. The summed E-state index contributed by atoms with van der Waals surface area (Å²) in [6.07, 6.45) is 2.11. The second-order valence-corrected chi connectivity index (χ2v) is 1.80. The normalized spacial score (nSPS) is 33.0. The molecule has 2 heteroatoms.